The fourth-order valence-corrected chi connectivity index (χ4v) is 5.52. The number of anilines is 1. The van der Waals surface area contributed by atoms with Crippen LogP contribution in [0.25, 0.3) is 0 Å². The monoisotopic (exact) mass is 430 g/mol. The van der Waals surface area contributed by atoms with E-state index >= 15 is 0 Å². The molecule has 1 aromatic heterocycles. The molecule has 8 heteroatoms. The summed E-state index contributed by atoms with van der Waals surface area (Å²) in [5.74, 6) is 0.751. The smallest absolute Gasteiger partial charge is 0.241 e. The molecule has 1 aliphatic rings. The number of pyridine rings is 1. The fraction of sp³-hybridized carbons (Fsp3) is 0.455. The number of hydrogen-bond donors (Lipinski definition) is 2. The largest absolute Gasteiger partial charge is 0.354 e. The lowest BCUT2D eigenvalue weighted by atomic mass is 10.0. The number of nitrogens with one attached hydrogen (secondary N) is 2. The van der Waals surface area contributed by atoms with Gasteiger partial charge in [0.25, 0.3) is 0 Å². The summed E-state index contributed by atoms with van der Waals surface area (Å²) in [5, 5.41) is 3.00. The molecule has 1 amide bonds. The van der Waals surface area contributed by atoms with Gasteiger partial charge in [-0.2, -0.15) is 0 Å². The standard InChI is InChI=1S/C22H30N4O3S/c1-15-13-16(2)18(4)22(17(15)3)30(28,29)24-11-8-21(27)25-19-9-12-26(14-19)20-7-5-6-10-23-20/h5-7,10,13,19,24H,8-9,11-12,14H2,1-4H3,(H,25,27). The van der Waals surface area contributed by atoms with E-state index in [4.69, 9.17) is 0 Å². The zero-order valence-corrected chi connectivity index (χ0v) is 18.8. The van der Waals surface area contributed by atoms with Crippen LogP contribution in [0.4, 0.5) is 5.82 Å². The van der Waals surface area contributed by atoms with Gasteiger partial charge in [-0.3, -0.25) is 4.79 Å². The lowest BCUT2D eigenvalue weighted by Crippen LogP contribution is -2.39. The Labute approximate surface area is 178 Å². The summed E-state index contributed by atoms with van der Waals surface area (Å²) in [6, 6.07) is 7.81. The molecule has 0 bridgehead atoms. The predicted octanol–water partition coefficient (Wildman–Crippen LogP) is 2.38. The zero-order chi connectivity index (χ0) is 21.9. The Balaban J connectivity index is 1.53. The van der Waals surface area contributed by atoms with Crippen LogP contribution in [0.15, 0.2) is 35.4 Å². The molecule has 1 fully saturated rings. The Kier molecular flexibility index (Phi) is 6.77. The number of rotatable bonds is 7. The summed E-state index contributed by atoms with van der Waals surface area (Å²) >= 11 is 0. The maximum atomic E-state index is 12.8. The number of carbonyl (C=O) groups excluding carboxylic acids is 1. The van der Waals surface area contributed by atoms with Crippen molar-refractivity contribution >= 4 is 21.7 Å². The van der Waals surface area contributed by atoms with Crippen LogP contribution in [0, 0.1) is 27.7 Å². The SMILES string of the molecule is Cc1cc(C)c(C)c(S(=O)(=O)NCCC(=O)NC2CCN(c3ccccn3)C2)c1C. The van der Waals surface area contributed by atoms with Crippen molar-refractivity contribution < 1.29 is 13.2 Å². The van der Waals surface area contributed by atoms with E-state index in [9.17, 15) is 13.2 Å². The van der Waals surface area contributed by atoms with E-state index in [1.54, 1.807) is 6.20 Å². The molecule has 1 aromatic carbocycles. The molecule has 1 saturated heterocycles. The first-order chi connectivity index (χ1) is 14.2. The zero-order valence-electron chi connectivity index (χ0n) is 18.0. The number of amides is 1. The number of aromatic nitrogens is 1. The fourth-order valence-electron chi connectivity index (χ4n) is 3.88. The van der Waals surface area contributed by atoms with Crippen LogP contribution in [0.5, 0.6) is 0 Å². The van der Waals surface area contributed by atoms with E-state index in [1.807, 2.05) is 52.0 Å². The molecule has 0 saturated carbocycles. The van der Waals surface area contributed by atoms with Crippen molar-refractivity contribution in [2.24, 2.45) is 0 Å². The van der Waals surface area contributed by atoms with Gasteiger partial charge < -0.3 is 10.2 Å². The minimum atomic E-state index is -3.68. The summed E-state index contributed by atoms with van der Waals surface area (Å²) in [6.07, 6.45) is 2.70. The third-order valence-electron chi connectivity index (χ3n) is 5.74. The predicted molar refractivity (Wildman–Crippen MR) is 118 cm³/mol. The first-order valence-corrected chi connectivity index (χ1v) is 11.7. The first-order valence-electron chi connectivity index (χ1n) is 10.2. The highest BCUT2D eigenvalue weighted by molar-refractivity contribution is 7.89. The molecular weight excluding hydrogens is 400 g/mol. The van der Waals surface area contributed by atoms with E-state index < -0.39 is 10.0 Å². The highest BCUT2D eigenvalue weighted by Crippen LogP contribution is 2.25. The molecule has 2 heterocycles. The molecule has 2 aromatic rings. The third-order valence-corrected chi connectivity index (χ3v) is 7.47. The van der Waals surface area contributed by atoms with Crippen LogP contribution < -0.4 is 14.9 Å². The molecule has 30 heavy (non-hydrogen) atoms. The number of hydrogen-bond acceptors (Lipinski definition) is 5. The second-order valence-corrected chi connectivity index (χ2v) is 9.63. The van der Waals surface area contributed by atoms with Crippen molar-refractivity contribution in [3.05, 3.63) is 52.7 Å². The second kappa shape index (κ2) is 9.14. The molecule has 1 atom stereocenters. The Morgan fingerprint density at radius 1 is 1.17 bits per heavy atom. The maximum absolute atomic E-state index is 12.8. The maximum Gasteiger partial charge on any atom is 0.241 e. The molecule has 1 unspecified atom stereocenters. The van der Waals surface area contributed by atoms with Gasteiger partial charge in [0.2, 0.25) is 15.9 Å². The van der Waals surface area contributed by atoms with Crippen molar-refractivity contribution in [2.75, 3.05) is 24.5 Å². The van der Waals surface area contributed by atoms with Crippen LogP contribution in [0.3, 0.4) is 0 Å². The van der Waals surface area contributed by atoms with Crippen molar-refractivity contribution in [1.82, 2.24) is 15.0 Å². The van der Waals surface area contributed by atoms with Crippen LogP contribution in [0.1, 0.15) is 35.1 Å². The number of nitrogens with zero attached hydrogens (tertiary/aromatic N) is 2. The molecule has 162 valence electrons. The van der Waals surface area contributed by atoms with E-state index in [0.29, 0.717) is 11.4 Å². The average molecular weight is 431 g/mol. The summed E-state index contributed by atoms with van der Waals surface area (Å²) in [7, 11) is -3.68. The minimum Gasteiger partial charge on any atom is -0.354 e. The average Bonchev–Trinajstić information content (AvgIpc) is 3.15. The quantitative estimate of drug-likeness (QED) is 0.704. The van der Waals surface area contributed by atoms with E-state index in [1.165, 1.54) is 0 Å². The van der Waals surface area contributed by atoms with E-state index in [0.717, 1.165) is 41.0 Å². The normalized spacial score (nSPS) is 16.7. The topological polar surface area (TPSA) is 91.4 Å². The third kappa shape index (κ3) is 4.99. The lowest BCUT2D eigenvalue weighted by Gasteiger charge is -2.18. The Morgan fingerprint density at radius 2 is 1.87 bits per heavy atom. The summed E-state index contributed by atoms with van der Waals surface area (Å²) < 4.78 is 28.3. The van der Waals surface area contributed by atoms with Crippen molar-refractivity contribution in [3.63, 3.8) is 0 Å². The molecule has 7 nitrogen and oxygen atoms in total. The molecule has 0 aliphatic carbocycles. The van der Waals surface area contributed by atoms with Gasteiger partial charge in [-0.25, -0.2) is 18.1 Å². The molecular formula is C22H30N4O3S. The second-order valence-electron chi connectivity index (χ2n) is 7.92. The number of aryl methyl sites for hydroxylation is 2. The van der Waals surface area contributed by atoms with Gasteiger partial charge in [0.05, 0.1) is 4.90 Å². The van der Waals surface area contributed by atoms with Gasteiger partial charge in [-0.15, -0.1) is 0 Å². The summed E-state index contributed by atoms with van der Waals surface area (Å²) in [6.45, 7) is 9.05. The molecule has 2 N–H and O–H groups in total. The van der Waals surface area contributed by atoms with Gasteiger partial charge in [0.1, 0.15) is 5.82 Å². The first kappa shape index (κ1) is 22.2. The summed E-state index contributed by atoms with van der Waals surface area (Å²) in [4.78, 5) is 19.1. The van der Waals surface area contributed by atoms with Crippen molar-refractivity contribution in [1.29, 1.82) is 0 Å². The molecule has 0 radical (unpaired) electrons. The van der Waals surface area contributed by atoms with E-state index in [-0.39, 0.29) is 24.9 Å². The Morgan fingerprint density at radius 3 is 2.50 bits per heavy atom. The van der Waals surface area contributed by atoms with Gasteiger partial charge in [-0.1, -0.05) is 12.1 Å². The van der Waals surface area contributed by atoms with Crippen molar-refractivity contribution in [2.45, 2.75) is 51.5 Å². The molecule has 0 spiro atoms. The molecule has 1 aliphatic heterocycles. The number of carbonyl (C=O) groups is 1. The Hall–Kier alpha value is -2.45. The minimum absolute atomic E-state index is 0.0417. The summed E-state index contributed by atoms with van der Waals surface area (Å²) in [5.41, 5.74) is 3.37. The highest BCUT2D eigenvalue weighted by Gasteiger charge is 2.25. The van der Waals surface area contributed by atoms with Crippen LogP contribution >= 0.6 is 0 Å². The lowest BCUT2D eigenvalue weighted by molar-refractivity contribution is -0.121. The highest BCUT2D eigenvalue weighted by atomic mass is 32.2. The Bertz CT molecular complexity index is 996. The van der Waals surface area contributed by atoms with Crippen LogP contribution in [-0.4, -0.2) is 45.0 Å². The number of benzene rings is 1. The van der Waals surface area contributed by atoms with Gasteiger partial charge in [-0.05, 0) is 68.5 Å². The van der Waals surface area contributed by atoms with E-state index in [2.05, 4.69) is 19.9 Å². The van der Waals surface area contributed by atoms with Gasteiger partial charge in [0.15, 0.2) is 0 Å². The van der Waals surface area contributed by atoms with Crippen LogP contribution in [0.2, 0.25) is 0 Å². The van der Waals surface area contributed by atoms with Gasteiger partial charge >= 0.3 is 0 Å². The molecule has 3 rings (SSSR count). The number of sulfonamides is 1. The van der Waals surface area contributed by atoms with Crippen molar-refractivity contribution in [3.8, 4) is 0 Å². The van der Waals surface area contributed by atoms with Gasteiger partial charge in [0, 0.05) is 38.3 Å². The van der Waals surface area contributed by atoms with Crippen LogP contribution in [-0.2, 0) is 14.8 Å².